The number of likely N-dealkylation sites (N-methyl/N-ethyl adjacent to an activating group) is 1. The van der Waals surface area contributed by atoms with Crippen LogP contribution in [-0.4, -0.2) is 41.6 Å². The van der Waals surface area contributed by atoms with E-state index in [0.29, 0.717) is 10.6 Å². The molecule has 5 nitrogen and oxygen atoms in total. The summed E-state index contributed by atoms with van der Waals surface area (Å²) in [5.74, 6) is 0. The lowest BCUT2D eigenvalue weighted by Crippen LogP contribution is -3.12. The Morgan fingerprint density at radius 3 is 2.44 bits per heavy atom. The van der Waals surface area contributed by atoms with Crippen molar-refractivity contribution in [1.82, 2.24) is 0 Å². The lowest BCUT2D eigenvalue weighted by Gasteiger charge is -2.33. The van der Waals surface area contributed by atoms with Gasteiger partial charge in [0.15, 0.2) is 0 Å². The Hall–Kier alpha value is -2.05. The average Bonchev–Trinajstić information content (AvgIpc) is 2.58. The number of anilines is 2. The van der Waals surface area contributed by atoms with Crippen LogP contribution in [0.4, 0.5) is 11.4 Å². The van der Waals surface area contributed by atoms with Crippen LogP contribution in [0.25, 0.3) is 0 Å². The molecule has 2 aromatic carbocycles. The summed E-state index contributed by atoms with van der Waals surface area (Å²) >= 11 is 0. The fraction of sp³-hybridized carbons (Fsp3) is 0.368. The van der Waals surface area contributed by atoms with Crippen molar-refractivity contribution in [3.8, 4) is 0 Å². The Labute approximate surface area is 150 Å². The highest BCUT2D eigenvalue weighted by Gasteiger charge is 2.22. The third-order valence-electron chi connectivity index (χ3n) is 4.74. The van der Waals surface area contributed by atoms with Crippen molar-refractivity contribution in [2.75, 3.05) is 42.8 Å². The van der Waals surface area contributed by atoms with Gasteiger partial charge in [-0.25, -0.2) is 8.42 Å². The zero-order valence-electron chi connectivity index (χ0n) is 15.0. The van der Waals surface area contributed by atoms with Crippen LogP contribution in [0.1, 0.15) is 11.1 Å². The van der Waals surface area contributed by atoms with Gasteiger partial charge in [0.2, 0.25) is 0 Å². The highest BCUT2D eigenvalue weighted by molar-refractivity contribution is 7.92. The van der Waals surface area contributed by atoms with E-state index in [2.05, 4.69) is 16.7 Å². The molecule has 0 amide bonds. The van der Waals surface area contributed by atoms with E-state index in [1.807, 2.05) is 50.2 Å². The van der Waals surface area contributed by atoms with Crippen LogP contribution < -0.4 is 14.5 Å². The number of sulfonamides is 1. The van der Waals surface area contributed by atoms with Gasteiger partial charge < -0.3 is 9.80 Å². The van der Waals surface area contributed by atoms with E-state index in [0.717, 1.165) is 43.0 Å². The predicted molar refractivity (Wildman–Crippen MR) is 102 cm³/mol. The number of hydrogen-bond acceptors (Lipinski definition) is 3. The van der Waals surface area contributed by atoms with E-state index in [4.69, 9.17) is 0 Å². The molecule has 6 heteroatoms. The zero-order valence-corrected chi connectivity index (χ0v) is 15.9. The summed E-state index contributed by atoms with van der Waals surface area (Å²) in [7, 11) is -1.43. The first-order chi connectivity index (χ1) is 11.9. The largest absolute Gasteiger partial charge is 0.359 e. The molecule has 0 aromatic heterocycles. The van der Waals surface area contributed by atoms with Gasteiger partial charge in [0.05, 0.1) is 49.5 Å². The van der Waals surface area contributed by atoms with Crippen LogP contribution in [0.15, 0.2) is 47.4 Å². The highest BCUT2D eigenvalue weighted by Crippen LogP contribution is 2.29. The molecular weight excluding hydrogens is 334 g/mol. The number of benzene rings is 2. The monoisotopic (exact) mass is 360 g/mol. The summed E-state index contributed by atoms with van der Waals surface area (Å²) in [5.41, 5.74) is 3.27. The molecule has 3 rings (SSSR count). The third-order valence-corrected chi connectivity index (χ3v) is 6.25. The molecule has 134 valence electrons. The Bertz CT molecular complexity index is 857. The van der Waals surface area contributed by atoms with Gasteiger partial charge in [-0.05, 0) is 43.2 Å². The van der Waals surface area contributed by atoms with E-state index in [-0.39, 0.29) is 0 Å². The molecule has 1 aliphatic heterocycles. The van der Waals surface area contributed by atoms with Crippen molar-refractivity contribution in [3.63, 3.8) is 0 Å². The molecule has 0 atom stereocenters. The molecule has 0 bridgehead atoms. The number of hydrogen-bond donors (Lipinski definition) is 2. The molecule has 0 spiro atoms. The van der Waals surface area contributed by atoms with Gasteiger partial charge in [0, 0.05) is 0 Å². The van der Waals surface area contributed by atoms with Crippen LogP contribution in [-0.2, 0) is 10.0 Å². The molecule has 0 aliphatic carbocycles. The van der Waals surface area contributed by atoms with Crippen molar-refractivity contribution < 1.29 is 13.3 Å². The van der Waals surface area contributed by atoms with Crippen molar-refractivity contribution in [1.29, 1.82) is 0 Å². The second-order valence-electron chi connectivity index (χ2n) is 6.84. The van der Waals surface area contributed by atoms with Gasteiger partial charge in [0.25, 0.3) is 10.0 Å². The SMILES string of the molecule is Cc1ccc(C)c(S(=O)(=O)Nc2ccccc2N2CC[NH+](C)CC2)c1. The maximum Gasteiger partial charge on any atom is 0.262 e. The molecule has 2 aromatic rings. The molecule has 2 N–H and O–H groups in total. The fourth-order valence-corrected chi connectivity index (χ4v) is 4.57. The van der Waals surface area contributed by atoms with Gasteiger partial charge in [-0.1, -0.05) is 24.3 Å². The summed E-state index contributed by atoms with van der Waals surface area (Å²) in [6.07, 6.45) is 0. The van der Waals surface area contributed by atoms with Crippen molar-refractivity contribution in [2.45, 2.75) is 18.7 Å². The molecule has 0 saturated carbocycles. The number of aryl methyl sites for hydroxylation is 2. The maximum absolute atomic E-state index is 12.9. The Kier molecular flexibility index (Phi) is 5.01. The molecule has 0 radical (unpaired) electrons. The van der Waals surface area contributed by atoms with Crippen LogP contribution in [0.5, 0.6) is 0 Å². The average molecular weight is 361 g/mol. The van der Waals surface area contributed by atoms with E-state index >= 15 is 0 Å². The number of rotatable bonds is 4. The first kappa shape index (κ1) is 17.8. The second-order valence-corrected chi connectivity index (χ2v) is 8.49. The van der Waals surface area contributed by atoms with Gasteiger partial charge in [0.1, 0.15) is 0 Å². The lowest BCUT2D eigenvalue weighted by molar-refractivity contribution is -0.880. The van der Waals surface area contributed by atoms with Gasteiger partial charge in [-0.15, -0.1) is 0 Å². The summed E-state index contributed by atoms with van der Waals surface area (Å²) < 4.78 is 28.7. The minimum Gasteiger partial charge on any atom is -0.359 e. The zero-order chi connectivity index (χ0) is 18.0. The summed E-state index contributed by atoms with van der Waals surface area (Å²) in [6, 6.07) is 13.1. The topological polar surface area (TPSA) is 53.9 Å². The number of nitrogens with zero attached hydrogens (tertiary/aromatic N) is 1. The normalized spacial score (nSPS) is 16.0. The molecule has 25 heavy (non-hydrogen) atoms. The quantitative estimate of drug-likeness (QED) is 0.868. The van der Waals surface area contributed by atoms with E-state index in [9.17, 15) is 8.42 Å². The Morgan fingerprint density at radius 2 is 1.72 bits per heavy atom. The number of piperazine rings is 1. The minimum absolute atomic E-state index is 0.338. The minimum atomic E-state index is -3.62. The highest BCUT2D eigenvalue weighted by atomic mass is 32.2. The van der Waals surface area contributed by atoms with Crippen molar-refractivity contribution >= 4 is 21.4 Å². The van der Waals surface area contributed by atoms with Gasteiger partial charge in [-0.3, -0.25) is 4.72 Å². The molecule has 0 unspecified atom stereocenters. The van der Waals surface area contributed by atoms with Gasteiger partial charge >= 0.3 is 0 Å². The number of nitrogens with one attached hydrogen (secondary N) is 2. The molecule has 1 fully saturated rings. The third kappa shape index (κ3) is 3.96. The standard InChI is InChI=1S/C19H25N3O2S/c1-15-8-9-16(2)19(14-15)25(23,24)20-17-6-4-5-7-18(17)22-12-10-21(3)11-13-22/h4-9,14,20H,10-13H2,1-3H3/p+1. The van der Waals surface area contributed by atoms with Crippen LogP contribution in [0.3, 0.4) is 0 Å². The van der Waals surface area contributed by atoms with Crippen molar-refractivity contribution in [2.24, 2.45) is 0 Å². The summed E-state index contributed by atoms with van der Waals surface area (Å²) in [5, 5.41) is 0. The van der Waals surface area contributed by atoms with Gasteiger partial charge in [-0.2, -0.15) is 0 Å². The smallest absolute Gasteiger partial charge is 0.262 e. The molecule has 1 heterocycles. The van der Waals surface area contributed by atoms with Crippen LogP contribution in [0, 0.1) is 13.8 Å². The van der Waals surface area contributed by atoms with Crippen LogP contribution in [0.2, 0.25) is 0 Å². The molecule has 1 saturated heterocycles. The van der Waals surface area contributed by atoms with E-state index < -0.39 is 10.0 Å². The Morgan fingerprint density at radius 1 is 1.04 bits per heavy atom. The summed E-state index contributed by atoms with van der Waals surface area (Å²) in [4.78, 5) is 4.10. The number of para-hydroxylation sites is 2. The summed E-state index contributed by atoms with van der Waals surface area (Å²) in [6.45, 7) is 7.68. The predicted octanol–water partition coefficient (Wildman–Crippen LogP) is 1.44. The second kappa shape index (κ2) is 7.06. The molecule has 1 aliphatic rings. The van der Waals surface area contributed by atoms with Crippen molar-refractivity contribution in [3.05, 3.63) is 53.6 Å². The first-order valence-corrected chi connectivity index (χ1v) is 10.1. The van der Waals surface area contributed by atoms with Crippen LogP contribution >= 0.6 is 0 Å². The van der Waals surface area contributed by atoms with E-state index in [1.54, 1.807) is 6.07 Å². The maximum atomic E-state index is 12.9. The molecular formula is C19H26N3O2S+. The lowest BCUT2D eigenvalue weighted by atomic mass is 10.2. The first-order valence-electron chi connectivity index (χ1n) is 8.62. The fourth-order valence-electron chi connectivity index (χ4n) is 3.16. The number of quaternary nitrogens is 1. The van der Waals surface area contributed by atoms with E-state index in [1.165, 1.54) is 4.90 Å². The Balaban J connectivity index is 1.91.